The molecule has 1 unspecified atom stereocenters. The molecule has 1 aliphatic rings. The largest absolute Gasteiger partial charge is 0.358 e. The molecule has 0 aliphatic heterocycles. The molecule has 0 aromatic heterocycles. The van der Waals surface area contributed by atoms with Crippen LogP contribution in [0.25, 0.3) is 11.1 Å². The molecule has 0 heterocycles. The average Bonchev–Trinajstić information content (AvgIpc) is 3.05. The van der Waals surface area contributed by atoms with Crippen molar-refractivity contribution in [1.29, 1.82) is 0 Å². The normalized spacial score (nSPS) is 17.0. The van der Waals surface area contributed by atoms with Crippen LogP contribution in [-0.2, 0) is 15.1 Å². The minimum absolute atomic E-state index is 0.229. The Hall–Kier alpha value is -1.93. The van der Waals surface area contributed by atoms with Gasteiger partial charge in [-0.15, -0.1) is 0 Å². The van der Waals surface area contributed by atoms with Crippen molar-refractivity contribution in [3.8, 4) is 11.1 Å². The molecule has 0 saturated carbocycles. The zero-order valence-electron chi connectivity index (χ0n) is 19.1. The van der Waals surface area contributed by atoms with Gasteiger partial charge < -0.3 is 4.74 Å². The maximum atomic E-state index is 13.8. The first kappa shape index (κ1) is 22.7. The third kappa shape index (κ3) is 4.54. The highest BCUT2D eigenvalue weighted by atomic mass is 16.5. The molecule has 0 N–H and O–H groups in total. The molecule has 2 aromatic rings. The lowest BCUT2D eigenvalue weighted by atomic mass is 9.82. The number of ketones is 1. The van der Waals surface area contributed by atoms with Gasteiger partial charge in [-0.2, -0.15) is 0 Å². The smallest absolute Gasteiger partial charge is 0.177 e. The molecule has 30 heavy (non-hydrogen) atoms. The lowest BCUT2D eigenvalue weighted by Gasteiger charge is -2.32. The van der Waals surface area contributed by atoms with E-state index in [1.165, 1.54) is 32.1 Å². The Labute approximate surface area is 183 Å². The summed E-state index contributed by atoms with van der Waals surface area (Å²) in [6.45, 7) is 7.14. The van der Waals surface area contributed by atoms with E-state index in [4.69, 9.17) is 4.74 Å². The maximum Gasteiger partial charge on any atom is 0.177 e. The number of hydrogen-bond acceptors (Lipinski definition) is 2. The van der Waals surface area contributed by atoms with E-state index >= 15 is 0 Å². The van der Waals surface area contributed by atoms with Gasteiger partial charge in [-0.3, -0.25) is 4.79 Å². The van der Waals surface area contributed by atoms with Gasteiger partial charge in [-0.25, -0.2) is 0 Å². The van der Waals surface area contributed by atoms with Crippen molar-refractivity contribution in [1.82, 2.24) is 0 Å². The van der Waals surface area contributed by atoms with Gasteiger partial charge in [0.05, 0.1) is 0 Å². The number of aryl methyl sites for hydroxylation is 1. The Morgan fingerprint density at radius 1 is 0.800 bits per heavy atom. The van der Waals surface area contributed by atoms with E-state index in [0.29, 0.717) is 13.0 Å². The summed E-state index contributed by atoms with van der Waals surface area (Å²) in [6, 6.07) is 14.7. The highest BCUT2D eigenvalue weighted by Gasteiger charge is 2.50. The van der Waals surface area contributed by atoms with Gasteiger partial charge in [-0.1, -0.05) is 101 Å². The summed E-state index contributed by atoms with van der Waals surface area (Å²) in [7, 11) is 0. The molecular formula is C28H38O2. The van der Waals surface area contributed by atoms with Crippen LogP contribution in [0.3, 0.4) is 0 Å². The van der Waals surface area contributed by atoms with E-state index in [2.05, 4.69) is 57.2 Å². The number of benzene rings is 2. The molecule has 1 aliphatic carbocycles. The predicted molar refractivity (Wildman–Crippen MR) is 126 cm³/mol. The molecule has 0 spiro atoms. The fourth-order valence-corrected chi connectivity index (χ4v) is 4.83. The first-order chi connectivity index (χ1) is 14.7. The molecule has 0 bridgehead atoms. The number of carbonyl (C=O) groups is 1. The molecule has 3 rings (SSSR count). The van der Waals surface area contributed by atoms with Crippen molar-refractivity contribution in [2.24, 2.45) is 0 Å². The lowest BCUT2D eigenvalue weighted by molar-refractivity contribution is -0.140. The third-order valence-electron chi connectivity index (χ3n) is 6.44. The summed E-state index contributed by atoms with van der Waals surface area (Å²) in [5.74, 6) is 0.229. The van der Waals surface area contributed by atoms with Crippen molar-refractivity contribution in [3.63, 3.8) is 0 Å². The minimum atomic E-state index is -0.936. The van der Waals surface area contributed by atoms with E-state index in [1.54, 1.807) is 0 Å². The molecule has 0 amide bonds. The molecular weight excluding hydrogens is 368 g/mol. The SMILES string of the molecule is CCCCCCCCCC(=O)C1(OCCCC)c2ccccc2-c2cccc(C)c21. The van der Waals surface area contributed by atoms with E-state index in [0.717, 1.165) is 53.5 Å². The highest BCUT2D eigenvalue weighted by Crippen LogP contribution is 2.52. The summed E-state index contributed by atoms with van der Waals surface area (Å²) in [5, 5.41) is 0. The fraction of sp³-hybridized carbons (Fsp3) is 0.536. The van der Waals surface area contributed by atoms with Crippen LogP contribution in [0.5, 0.6) is 0 Å². The average molecular weight is 407 g/mol. The van der Waals surface area contributed by atoms with Gasteiger partial charge in [0, 0.05) is 24.2 Å². The number of carbonyl (C=O) groups excluding carboxylic acids is 1. The van der Waals surface area contributed by atoms with Crippen LogP contribution in [0, 0.1) is 6.92 Å². The second-order valence-corrected chi connectivity index (χ2v) is 8.72. The number of unbranched alkanes of at least 4 members (excludes halogenated alkanes) is 7. The van der Waals surface area contributed by atoms with Crippen molar-refractivity contribution in [3.05, 3.63) is 59.2 Å². The van der Waals surface area contributed by atoms with Crippen molar-refractivity contribution in [2.45, 2.75) is 90.6 Å². The number of rotatable bonds is 13. The van der Waals surface area contributed by atoms with Gasteiger partial charge >= 0.3 is 0 Å². The Bertz CT molecular complexity index is 838. The molecule has 1 atom stereocenters. The number of hydrogen-bond donors (Lipinski definition) is 0. The van der Waals surface area contributed by atoms with Crippen LogP contribution in [0.1, 0.15) is 94.7 Å². The van der Waals surface area contributed by atoms with Gasteiger partial charge in [0.25, 0.3) is 0 Å². The molecule has 162 valence electrons. The van der Waals surface area contributed by atoms with Crippen LogP contribution in [0.4, 0.5) is 0 Å². The molecule has 2 aromatic carbocycles. The van der Waals surface area contributed by atoms with Gasteiger partial charge in [0.1, 0.15) is 0 Å². The Morgan fingerprint density at radius 2 is 1.47 bits per heavy atom. The zero-order chi connectivity index (χ0) is 21.4. The van der Waals surface area contributed by atoms with Crippen LogP contribution in [0.15, 0.2) is 42.5 Å². The standard InChI is InChI=1S/C28H38O2/c1-4-6-8-9-10-11-12-20-26(29)28(30-21-7-5-2)25-19-14-13-17-23(25)24-18-15-16-22(3)27(24)28/h13-19H,4-12,20-21H2,1-3H3. The monoisotopic (exact) mass is 406 g/mol. The summed E-state index contributed by atoms with van der Waals surface area (Å²) >= 11 is 0. The number of Topliss-reactive ketones (excluding diaryl/α,β-unsaturated/α-hetero) is 1. The second kappa shape index (κ2) is 10.9. The summed E-state index contributed by atoms with van der Waals surface area (Å²) in [4.78, 5) is 13.8. The van der Waals surface area contributed by atoms with Crippen LogP contribution in [-0.4, -0.2) is 12.4 Å². The first-order valence-corrected chi connectivity index (χ1v) is 12.0. The Morgan fingerprint density at radius 3 is 2.23 bits per heavy atom. The van der Waals surface area contributed by atoms with Crippen molar-refractivity contribution >= 4 is 5.78 Å². The van der Waals surface area contributed by atoms with Crippen molar-refractivity contribution in [2.75, 3.05) is 6.61 Å². The first-order valence-electron chi connectivity index (χ1n) is 12.0. The van der Waals surface area contributed by atoms with E-state index in [9.17, 15) is 4.79 Å². The van der Waals surface area contributed by atoms with E-state index in [-0.39, 0.29) is 5.78 Å². The lowest BCUT2D eigenvalue weighted by Crippen LogP contribution is -2.39. The highest BCUT2D eigenvalue weighted by molar-refractivity contribution is 6.00. The van der Waals surface area contributed by atoms with E-state index < -0.39 is 5.60 Å². The molecule has 0 fully saturated rings. The van der Waals surface area contributed by atoms with Crippen LogP contribution in [0.2, 0.25) is 0 Å². The topological polar surface area (TPSA) is 26.3 Å². The predicted octanol–water partition coefficient (Wildman–Crippen LogP) is 7.75. The van der Waals surface area contributed by atoms with Crippen LogP contribution < -0.4 is 0 Å². The Balaban J connectivity index is 1.86. The minimum Gasteiger partial charge on any atom is -0.358 e. The molecule has 2 heteroatoms. The molecule has 0 saturated heterocycles. The number of ether oxygens (including phenoxy) is 1. The second-order valence-electron chi connectivity index (χ2n) is 8.72. The maximum absolute atomic E-state index is 13.8. The number of fused-ring (bicyclic) bond motifs is 3. The van der Waals surface area contributed by atoms with Gasteiger partial charge in [0.2, 0.25) is 0 Å². The quantitative estimate of drug-likeness (QED) is 0.318. The summed E-state index contributed by atoms with van der Waals surface area (Å²) in [6.07, 6.45) is 11.1. The fourth-order valence-electron chi connectivity index (χ4n) is 4.83. The van der Waals surface area contributed by atoms with Crippen molar-refractivity contribution < 1.29 is 9.53 Å². The zero-order valence-corrected chi connectivity index (χ0v) is 19.1. The Kier molecular flexibility index (Phi) is 8.27. The summed E-state index contributed by atoms with van der Waals surface area (Å²) in [5.41, 5.74) is 4.65. The molecule has 2 nitrogen and oxygen atoms in total. The third-order valence-corrected chi connectivity index (χ3v) is 6.44. The molecule has 0 radical (unpaired) electrons. The van der Waals surface area contributed by atoms with E-state index in [1.807, 2.05) is 6.07 Å². The summed E-state index contributed by atoms with van der Waals surface area (Å²) < 4.78 is 6.59. The van der Waals surface area contributed by atoms with Crippen LogP contribution >= 0.6 is 0 Å². The van der Waals surface area contributed by atoms with Gasteiger partial charge in [-0.05, 0) is 36.5 Å². The van der Waals surface area contributed by atoms with Gasteiger partial charge in [0.15, 0.2) is 11.4 Å².